The number of fused-ring (bicyclic) bond motifs is 1. The molecule has 0 aliphatic rings. The number of aromatic nitrogens is 1. The number of nitrogens with zero attached hydrogens (tertiary/aromatic N) is 1. The molecule has 0 saturated carbocycles. The predicted octanol–water partition coefficient (Wildman–Crippen LogP) is 2.74. The minimum atomic E-state index is -0.750. The zero-order valence-corrected chi connectivity index (χ0v) is 15.6. The monoisotopic (exact) mass is 373 g/mol. The molecule has 2 N–H and O–H groups in total. The molecular weight excluding hydrogens is 354 g/mol. The molecule has 3 aromatic rings. The topological polar surface area (TPSA) is 82.3 Å². The third-order valence-electron chi connectivity index (χ3n) is 4.36. The second kappa shape index (κ2) is 7.80. The van der Waals surface area contributed by atoms with Crippen LogP contribution in [0, 0.1) is 19.3 Å². The van der Waals surface area contributed by atoms with Crippen LogP contribution in [0.4, 0.5) is 5.69 Å². The zero-order chi connectivity index (χ0) is 20.3. The van der Waals surface area contributed by atoms with Gasteiger partial charge in [0, 0.05) is 34.9 Å². The van der Waals surface area contributed by atoms with Crippen molar-refractivity contribution in [2.75, 3.05) is 18.9 Å². The molecule has 6 heteroatoms. The summed E-state index contributed by atoms with van der Waals surface area (Å²) in [5.74, 6) is 0.661. The smallest absolute Gasteiger partial charge is 0.295 e. The van der Waals surface area contributed by atoms with Crippen LogP contribution in [-0.2, 0) is 9.59 Å². The summed E-state index contributed by atoms with van der Waals surface area (Å²) in [6.07, 6.45) is 5.35. The summed E-state index contributed by atoms with van der Waals surface area (Å²) in [5, 5.41) is 3.35. The quantitative estimate of drug-likeness (QED) is 0.410. The fourth-order valence-corrected chi connectivity index (χ4v) is 3.02. The van der Waals surface area contributed by atoms with Crippen LogP contribution in [0.15, 0.2) is 48.5 Å². The van der Waals surface area contributed by atoms with Gasteiger partial charge in [-0.05, 0) is 31.2 Å². The van der Waals surface area contributed by atoms with E-state index in [9.17, 15) is 14.4 Å². The molecule has 28 heavy (non-hydrogen) atoms. The number of anilines is 1. The second-order valence-electron chi connectivity index (χ2n) is 6.43. The summed E-state index contributed by atoms with van der Waals surface area (Å²) >= 11 is 0. The number of aryl methyl sites for hydroxylation is 1. The van der Waals surface area contributed by atoms with Gasteiger partial charge in [-0.15, -0.1) is 6.42 Å². The standard InChI is InChI=1S/C22H19N3O3/c1-4-15-8-7-9-16(12-15)24-19(26)13-25(3)22(28)21(27)20-14(2)23-18-11-6-5-10-17(18)20/h1,5-12,23H,13H2,2-3H3,(H,24,26). The zero-order valence-electron chi connectivity index (χ0n) is 15.6. The highest BCUT2D eigenvalue weighted by atomic mass is 16.2. The SMILES string of the molecule is C#Cc1cccc(NC(=O)CN(C)C(=O)C(=O)c2c(C)[nH]c3ccccc23)c1. The van der Waals surface area contributed by atoms with Gasteiger partial charge in [-0.25, -0.2) is 0 Å². The van der Waals surface area contributed by atoms with E-state index in [2.05, 4.69) is 16.2 Å². The number of carbonyl (C=O) groups excluding carboxylic acids is 3. The minimum absolute atomic E-state index is 0.258. The predicted molar refractivity (Wildman–Crippen MR) is 108 cm³/mol. The number of benzene rings is 2. The maximum atomic E-state index is 12.7. The summed E-state index contributed by atoms with van der Waals surface area (Å²) < 4.78 is 0. The average Bonchev–Trinajstić information content (AvgIpc) is 3.02. The van der Waals surface area contributed by atoms with Crippen LogP contribution in [0.25, 0.3) is 10.9 Å². The van der Waals surface area contributed by atoms with Gasteiger partial charge in [0.2, 0.25) is 5.91 Å². The molecule has 0 spiro atoms. The second-order valence-corrected chi connectivity index (χ2v) is 6.43. The molecular formula is C22H19N3O3. The number of para-hydroxylation sites is 1. The molecule has 0 unspecified atom stereocenters. The number of nitrogens with one attached hydrogen (secondary N) is 2. The van der Waals surface area contributed by atoms with Gasteiger partial charge in [-0.1, -0.05) is 30.2 Å². The van der Waals surface area contributed by atoms with Crippen LogP contribution in [0.1, 0.15) is 21.6 Å². The van der Waals surface area contributed by atoms with Crippen molar-refractivity contribution >= 4 is 34.2 Å². The summed E-state index contributed by atoms with van der Waals surface area (Å²) in [7, 11) is 1.42. The number of aromatic amines is 1. The lowest BCUT2D eigenvalue weighted by Gasteiger charge is -2.16. The van der Waals surface area contributed by atoms with E-state index < -0.39 is 17.6 Å². The van der Waals surface area contributed by atoms with E-state index in [0.717, 1.165) is 10.4 Å². The van der Waals surface area contributed by atoms with E-state index in [1.807, 2.05) is 12.1 Å². The first-order chi connectivity index (χ1) is 13.4. The van der Waals surface area contributed by atoms with Crippen molar-refractivity contribution in [2.45, 2.75) is 6.92 Å². The molecule has 0 saturated heterocycles. The van der Waals surface area contributed by atoms with Gasteiger partial charge >= 0.3 is 0 Å². The van der Waals surface area contributed by atoms with Crippen molar-refractivity contribution in [1.82, 2.24) is 9.88 Å². The van der Waals surface area contributed by atoms with Gasteiger partial charge < -0.3 is 15.2 Å². The highest BCUT2D eigenvalue weighted by Gasteiger charge is 2.26. The Kier molecular flexibility index (Phi) is 5.28. The molecule has 0 bridgehead atoms. The lowest BCUT2D eigenvalue weighted by Crippen LogP contribution is -2.39. The largest absolute Gasteiger partial charge is 0.358 e. The molecule has 2 amide bonds. The van der Waals surface area contributed by atoms with E-state index in [1.165, 1.54) is 7.05 Å². The van der Waals surface area contributed by atoms with Gasteiger partial charge in [-0.2, -0.15) is 0 Å². The molecule has 3 rings (SSSR count). The van der Waals surface area contributed by atoms with Crippen LogP contribution >= 0.6 is 0 Å². The number of amides is 2. The van der Waals surface area contributed by atoms with Crippen LogP contribution in [0.2, 0.25) is 0 Å². The number of carbonyl (C=O) groups is 3. The average molecular weight is 373 g/mol. The van der Waals surface area contributed by atoms with Gasteiger partial charge in [0.25, 0.3) is 11.7 Å². The van der Waals surface area contributed by atoms with Gasteiger partial charge in [0.15, 0.2) is 0 Å². The number of ketones is 1. The van der Waals surface area contributed by atoms with Gasteiger partial charge in [0.1, 0.15) is 0 Å². The first-order valence-electron chi connectivity index (χ1n) is 8.64. The molecule has 0 atom stereocenters. The first kappa shape index (κ1) is 18.9. The summed E-state index contributed by atoms with van der Waals surface area (Å²) in [5.41, 5.74) is 2.88. The third-order valence-corrected chi connectivity index (χ3v) is 4.36. The summed E-state index contributed by atoms with van der Waals surface area (Å²) in [6, 6.07) is 14.1. The maximum Gasteiger partial charge on any atom is 0.295 e. The minimum Gasteiger partial charge on any atom is -0.358 e. The van der Waals surface area contributed by atoms with E-state index >= 15 is 0 Å². The molecule has 1 aromatic heterocycles. The summed E-state index contributed by atoms with van der Waals surface area (Å²) in [6.45, 7) is 1.48. The number of H-pyrrole nitrogens is 1. The molecule has 140 valence electrons. The normalized spacial score (nSPS) is 10.3. The number of Topliss-reactive ketones (excluding diaryl/α,β-unsaturated/α-hetero) is 1. The Labute approximate surface area is 162 Å². The number of hydrogen-bond acceptors (Lipinski definition) is 3. The van der Waals surface area contributed by atoms with E-state index in [1.54, 1.807) is 43.3 Å². The summed E-state index contributed by atoms with van der Waals surface area (Å²) in [4.78, 5) is 41.8. The maximum absolute atomic E-state index is 12.7. The van der Waals surface area contributed by atoms with Crippen LogP contribution in [0.5, 0.6) is 0 Å². The number of likely N-dealkylation sites (N-methyl/N-ethyl adjacent to an activating group) is 1. The van der Waals surface area contributed by atoms with Crippen LogP contribution in [0.3, 0.4) is 0 Å². The van der Waals surface area contributed by atoms with Crippen molar-refractivity contribution in [1.29, 1.82) is 0 Å². The fourth-order valence-electron chi connectivity index (χ4n) is 3.02. The van der Waals surface area contributed by atoms with Crippen molar-refractivity contribution in [3.8, 4) is 12.3 Å². The Morgan fingerprint density at radius 3 is 2.64 bits per heavy atom. The highest BCUT2D eigenvalue weighted by molar-refractivity contribution is 6.45. The number of terminal acetylenes is 1. The molecule has 0 radical (unpaired) electrons. The van der Waals surface area contributed by atoms with Crippen molar-refractivity contribution in [3.05, 3.63) is 65.4 Å². The highest BCUT2D eigenvalue weighted by Crippen LogP contribution is 2.22. The molecule has 6 nitrogen and oxygen atoms in total. The molecule has 0 aliphatic heterocycles. The first-order valence-corrected chi connectivity index (χ1v) is 8.64. The van der Waals surface area contributed by atoms with Crippen LogP contribution < -0.4 is 5.32 Å². The molecule has 1 heterocycles. The fraction of sp³-hybridized carbons (Fsp3) is 0.136. The molecule has 2 aromatic carbocycles. The van der Waals surface area contributed by atoms with E-state index in [4.69, 9.17) is 6.42 Å². The van der Waals surface area contributed by atoms with Crippen LogP contribution in [-0.4, -0.2) is 41.1 Å². The third kappa shape index (κ3) is 3.79. The Bertz CT molecular complexity index is 1120. The Morgan fingerprint density at radius 2 is 1.89 bits per heavy atom. The number of hydrogen-bond donors (Lipinski definition) is 2. The van der Waals surface area contributed by atoms with E-state index in [0.29, 0.717) is 27.9 Å². The van der Waals surface area contributed by atoms with Crippen molar-refractivity contribution in [3.63, 3.8) is 0 Å². The lowest BCUT2D eigenvalue weighted by molar-refractivity contribution is -0.129. The Balaban J connectivity index is 1.71. The van der Waals surface area contributed by atoms with Crippen molar-refractivity contribution < 1.29 is 14.4 Å². The number of rotatable bonds is 5. The molecule has 0 aliphatic carbocycles. The molecule has 0 fully saturated rings. The van der Waals surface area contributed by atoms with Gasteiger partial charge in [-0.3, -0.25) is 14.4 Å². The lowest BCUT2D eigenvalue weighted by atomic mass is 10.1. The van der Waals surface area contributed by atoms with E-state index in [-0.39, 0.29) is 6.54 Å². The Hall–Kier alpha value is -3.85. The Morgan fingerprint density at radius 1 is 1.14 bits per heavy atom. The van der Waals surface area contributed by atoms with Gasteiger partial charge in [0.05, 0.1) is 12.1 Å². The van der Waals surface area contributed by atoms with Crippen molar-refractivity contribution in [2.24, 2.45) is 0 Å².